The summed E-state index contributed by atoms with van der Waals surface area (Å²) >= 11 is 0. The Hall–Kier alpha value is -2.63. The zero-order valence-corrected chi connectivity index (χ0v) is 11.8. The van der Waals surface area contributed by atoms with E-state index in [1.54, 1.807) is 0 Å². The summed E-state index contributed by atoms with van der Waals surface area (Å²) in [5, 5.41) is 10.6. The van der Waals surface area contributed by atoms with Crippen LogP contribution in [0.1, 0.15) is 25.2 Å². The van der Waals surface area contributed by atoms with Gasteiger partial charge in [-0.15, -0.1) is 0 Å². The molecular formula is C15H17N5O. The highest BCUT2D eigenvalue weighted by molar-refractivity contribution is 5.80. The van der Waals surface area contributed by atoms with Crippen molar-refractivity contribution in [1.82, 2.24) is 25.1 Å². The number of nitrogens with one attached hydrogen (secondary N) is 2. The molecule has 0 bridgehead atoms. The Balaban J connectivity index is 1.58. The molecule has 6 nitrogen and oxygen atoms in total. The average Bonchev–Trinajstić information content (AvgIpc) is 3.15. The molecule has 0 radical (unpaired) electrons. The maximum Gasteiger partial charge on any atom is 0.222 e. The fourth-order valence-corrected chi connectivity index (χ4v) is 2.36. The number of aryl methyl sites for hydroxylation is 1. The molecule has 0 aliphatic heterocycles. The van der Waals surface area contributed by atoms with Gasteiger partial charge in [-0.2, -0.15) is 5.10 Å². The van der Waals surface area contributed by atoms with Gasteiger partial charge in [-0.3, -0.25) is 9.89 Å². The third-order valence-electron chi connectivity index (χ3n) is 3.48. The van der Waals surface area contributed by atoms with Crippen LogP contribution in [0, 0.1) is 0 Å². The summed E-state index contributed by atoms with van der Waals surface area (Å²) in [6.45, 7) is 2.53. The first kappa shape index (κ1) is 13.4. The van der Waals surface area contributed by atoms with Crippen molar-refractivity contribution in [2.75, 3.05) is 0 Å². The molecule has 0 aliphatic carbocycles. The van der Waals surface area contributed by atoms with Gasteiger partial charge in [-0.25, -0.2) is 4.98 Å². The first-order valence-electron chi connectivity index (χ1n) is 6.92. The smallest absolute Gasteiger partial charge is 0.222 e. The quantitative estimate of drug-likeness (QED) is 0.752. The predicted molar refractivity (Wildman–Crippen MR) is 79.5 cm³/mol. The highest BCUT2D eigenvalue weighted by atomic mass is 16.1. The molecule has 3 rings (SSSR count). The van der Waals surface area contributed by atoms with E-state index in [2.05, 4.69) is 43.3 Å². The number of fused-ring (bicyclic) bond motifs is 1. The van der Waals surface area contributed by atoms with Crippen LogP contribution in [0.3, 0.4) is 0 Å². The van der Waals surface area contributed by atoms with Gasteiger partial charge in [-0.1, -0.05) is 18.2 Å². The molecule has 0 spiro atoms. The van der Waals surface area contributed by atoms with Gasteiger partial charge in [0.2, 0.25) is 5.91 Å². The van der Waals surface area contributed by atoms with Crippen LogP contribution in [-0.4, -0.2) is 25.7 Å². The van der Waals surface area contributed by atoms with Gasteiger partial charge in [-0.05, 0) is 24.4 Å². The molecular weight excluding hydrogens is 266 g/mol. The number of para-hydroxylation sites is 1. The molecule has 0 saturated heterocycles. The maximum absolute atomic E-state index is 12.0. The fraction of sp³-hybridized carbons (Fsp3) is 0.267. The normalized spacial score (nSPS) is 12.4. The number of H-pyrrole nitrogens is 1. The van der Waals surface area contributed by atoms with Gasteiger partial charge in [0.1, 0.15) is 12.2 Å². The summed E-state index contributed by atoms with van der Waals surface area (Å²) in [4.78, 5) is 16.0. The van der Waals surface area contributed by atoms with Crippen molar-refractivity contribution in [3.63, 3.8) is 0 Å². The van der Waals surface area contributed by atoms with E-state index >= 15 is 0 Å². The number of rotatable bonds is 5. The number of aromatic amines is 1. The first-order chi connectivity index (χ1) is 10.2. The summed E-state index contributed by atoms with van der Waals surface area (Å²) in [6.07, 6.45) is 3.87. The molecule has 2 aromatic heterocycles. The van der Waals surface area contributed by atoms with Crippen molar-refractivity contribution in [2.45, 2.75) is 25.9 Å². The molecule has 1 unspecified atom stereocenters. The second-order valence-corrected chi connectivity index (χ2v) is 4.98. The highest BCUT2D eigenvalue weighted by Gasteiger charge is 2.12. The van der Waals surface area contributed by atoms with Crippen molar-refractivity contribution >= 4 is 16.8 Å². The van der Waals surface area contributed by atoms with Gasteiger partial charge >= 0.3 is 0 Å². The van der Waals surface area contributed by atoms with Crippen molar-refractivity contribution in [3.8, 4) is 0 Å². The summed E-state index contributed by atoms with van der Waals surface area (Å²) in [6, 6.07) is 10.0. The van der Waals surface area contributed by atoms with E-state index in [-0.39, 0.29) is 11.9 Å². The molecule has 1 amide bonds. The number of nitrogens with zero attached hydrogens (tertiary/aromatic N) is 3. The number of amides is 1. The van der Waals surface area contributed by atoms with Crippen molar-refractivity contribution in [1.29, 1.82) is 0 Å². The van der Waals surface area contributed by atoms with E-state index in [0.717, 1.165) is 5.52 Å². The second-order valence-electron chi connectivity index (χ2n) is 4.98. The molecule has 108 valence electrons. The van der Waals surface area contributed by atoms with E-state index in [1.165, 1.54) is 11.7 Å². The fourth-order valence-electron chi connectivity index (χ4n) is 2.36. The van der Waals surface area contributed by atoms with E-state index in [1.807, 2.05) is 25.3 Å². The molecule has 2 heterocycles. The van der Waals surface area contributed by atoms with Crippen molar-refractivity contribution in [2.24, 2.45) is 0 Å². The van der Waals surface area contributed by atoms with Gasteiger partial charge < -0.3 is 9.88 Å². The Labute approximate surface area is 122 Å². The minimum atomic E-state index is -0.165. The number of carbonyl (C=O) groups is 1. The molecule has 1 aromatic carbocycles. The summed E-state index contributed by atoms with van der Waals surface area (Å²) in [5.74, 6) is 0.659. The standard InChI is InChI=1S/C15H17N5O/c1-11(15-16-10-17-19-15)18-14(21)7-9-20-8-6-12-4-2-3-5-13(12)20/h2-6,8,10-11H,7,9H2,1H3,(H,18,21)(H,16,17,19). The second kappa shape index (κ2) is 5.78. The minimum Gasteiger partial charge on any atom is -0.347 e. The lowest BCUT2D eigenvalue weighted by atomic mass is 10.2. The highest BCUT2D eigenvalue weighted by Crippen LogP contribution is 2.15. The number of hydrogen-bond acceptors (Lipinski definition) is 3. The molecule has 21 heavy (non-hydrogen) atoms. The van der Waals surface area contributed by atoms with Crippen LogP contribution in [0.4, 0.5) is 0 Å². The third-order valence-corrected chi connectivity index (χ3v) is 3.48. The molecule has 1 atom stereocenters. The first-order valence-corrected chi connectivity index (χ1v) is 6.92. The van der Waals surface area contributed by atoms with Crippen molar-refractivity contribution in [3.05, 3.63) is 48.7 Å². The third kappa shape index (κ3) is 2.94. The van der Waals surface area contributed by atoms with Crippen molar-refractivity contribution < 1.29 is 4.79 Å². The molecule has 0 aliphatic rings. The predicted octanol–water partition coefficient (Wildman–Crippen LogP) is 2.03. The molecule has 0 fully saturated rings. The monoisotopic (exact) mass is 283 g/mol. The van der Waals surface area contributed by atoms with Crippen LogP contribution in [0.15, 0.2) is 42.9 Å². The lowest BCUT2D eigenvalue weighted by molar-refractivity contribution is -0.122. The van der Waals surface area contributed by atoms with Gasteiger partial charge in [0.25, 0.3) is 0 Å². The lowest BCUT2D eigenvalue weighted by Crippen LogP contribution is -2.28. The van der Waals surface area contributed by atoms with Gasteiger partial charge in [0.05, 0.1) is 6.04 Å². The van der Waals surface area contributed by atoms with Crippen LogP contribution in [0.5, 0.6) is 0 Å². The van der Waals surface area contributed by atoms with Crippen LogP contribution in [0.25, 0.3) is 10.9 Å². The Bertz CT molecular complexity index is 731. The van der Waals surface area contributed by atoms with E-state index in [4.69, 9.17) is 0 Å². The van der Waals surface area contributed by atoms with E-state index in [9.17, 15) is 4.79 Å². The van der Waals surface area contributed by atoms with Gasteiger partial charge in [0, 0.05) is 24.7 Å². The number of benzene rings is 1. The Morgan fingerprint density at radius 3 is 3.05 bits per heavy atom. The molecule has 6 heteroatoms. The number of aromatic nitrogens is 4. The average molecular weight is 283 g/mol. The summed E-state index contributed by atoms with van der Waals surface area (Å²) in [5.41, 5.74) is 1.15. The van der Waals surface area contributed by atoms with E-state index < -0.39 is 0 Å². The zero-order chi connectivity index (χ0) is 14.7. The summed E-state index contributed by atoms with van der Waals surface area (Å²) in [7, 11) is 0. The minimum absolute atomic E-state index is 0.00307. The van der Waals surface area contributed by atoms with Crippen LogP contribution in [-0.2, 0) is 11.3 Å². The van der Waals surface area contributed by atoms with E-state index in [0.29, 0.717) is 18.8 Å². The maximum atomic E-state index is 12.0. The molecule has 2 N–H and O–H groups in total. The SMILES string of the molecule is CC(NC(=O)CCn1ccc2ccccc21)c1ncn[nH]1. The molecule has 3 aromatic rings. The Morgan fingerprint density at radius 2 is 2.24 bits per heavy atom. The van der Waals surface area contributed by atoms with Gasteiger partial charge in [0.15, 0.2) is 0 Å². The topological polar surface area (TPSA) is 75.6 Å². The summed E-state index contributed by atoms with van der Waals surface area (Å²) < 4.78 is 2.09. The lowest BCUT2D eigenvalue weighted by Gasteiger charge is -2.11. The largest absolute Gasteiger partial charge is 0.347 e. The Morgan fingerprint density at radius 1 is 1.38 bits per heavy atom. The van der Waals surface area contributed by atoms with Crippen LogP contribution in [0.2, 0.25) is 0 Å². The number of hydrogen-bond donors (Lipinski definition) is 2. The van der Waals surface area contributed by atoms with Crippen LogP contribution < -0.4 is 5.32 Å². The zero-order valence-electron chi connectivity index (χ0n) is 11.8. The molecule has 0 saturated carbocycles. The number of carbonyl (C=O) groups excluding carboxylic acids is 1. The Kier molecular flexibility index (Phi) is 3.68. The van der Waals surface area contributed by atoms with Crippen LogP contribution >= 0.6 is 0 Å².